The number of hydrogen-bond donors (Lipinski definition) is 0. The normalized spacial score (nSPS) is 13.4. The first kappa shape index (κ1) is 14.9. The zero-order valence-electron chi connectivity index (χ0n) is 13.3. The van der Waals surface area contributed by atoms with Crippen molar-refractivity contribution >= 4 is 23.6 Å². The van der Waals surface area contributed by atoms with Crippen molar-refractivity contribution in [3.05, 3.63) is 58.7 Å². The van der Waals surface area contributed by atoms with Gasteiger partial charge < -0.3 is 4.84 Å². The molecule has 4 rings (SSSR count). The van der Waals surface area contributed by atoms with E-state index in [9.17, 15) is 14.4 Å². The van der Waals surface area contributed by atoms with Crippen LogP contribution in [0, 0.1) is 13.8 Å². The van der Waals surface area contributed by atoms with Gasteiger partial charge in [-0.2, -0.15) is 10.1 Å². The highest BCUT2D eigenvalue weighted by Crippen LogP contribution is 2.24. The average Bonchev–Trinajstić information content (AvgIpc) is 3.14. The number of nitrogens with zero attached hydrogens (tertiary/aromatic N) is 5. The molecule has 9 nitrogen and oxygen atoms in total. The number of benzene rings is 1. The van der Waals surface area contributed by atoms with Crippen molar-refractivity contribution in [3.8, 4) is 0 Å². The van der Waals surface area contributed by atoms with E-state index in [4.69, 9.17) is 4.84 Å². The molecule has 25 heavy (non-hydrogen) atoms. The summed E-state index contributed by atoms with van der Waals surface area (Å²) < 4.78 is 1.38. The van der Waals surface area contributed by atoms with Crippen molar-refractivity contribution < 1.29 is 19.2 Å². The molecule has 124 valence electrons. The highest BCUT2D eigenvalue weighted by Gasteiger charge is 2.39. The summed E-state index contributed by atoms with van der Waals surface area (Å²) in [4.78, 5) is 50.4. The van der Waals surface area contributed by atoms with Crippen LogP contribution in [0.3, 0.4) is 0 Å². The fourth-order valence-corrected chi connectivity index (χ4v) is 2.80. The number of carbonyl (C=O) groups is 3. The summed E-state index contributed by atoms with van der Waals surface area (Å²) in [7, 11) is 0. The van der Waals surface area contributed by atoms with Crippen LogP contribution in [0.1, 0.15) is 42.5 Å². The van der Waals surface area contributed by atoms with E-state index in [-0.39, 0.29) is 16.7 Å². The van der Waals surface area contributed by atoms with Gasteiger partial charge in [0, 0.05) is 0 Å². The van der Waals surface area contributed by atoms with Crippen LogP contribution in [0.5, 0.6) is 0 Å². The molecule has 0 unspecified atom stereocenters. The van der Waals surface area contributed by atoms with Crippen LogP contribution in [0.4, 0.5) is 0 Å². The molecule has 1 aliphatic rings. The highest BCUT2D eigenvalue weighted by atomic mass is 16.7. The van der Waals surface area contributed by atoms with Gasteiger partial charge in [-0.1, -0.05) is 17.2 Å². The second-order valence-electron chi connectivity index (χ2n) is 5.46. The van der Waals surface area contributed by atoms with Crippen LogP contribution in [0.2, 0.25) is 0 Å². The third kappa shape index (κ3) is 2.09. The maximum absolute atomic E-state index is 12.6. The average molecular weight is 337 g/mol. The van der Waals surface area contributed by atoms with Crippen LogP contribution in [0.25, 0.3) is 5.78 Å². The minimum atomic E-state index is -0.866. The SMILES string of the molecule is Cc1nc2ncnn2c(C)c1C(=O)ON1C(=O)c2ccccc2C1=O. The maximum Gasteiger partial charge on any atom is 0.367 e. The number of aromatic nitrogens is 4. The Balaban J connectivity index is 1.70. The molecular weight excluding hydrogens is 326 g/mol. The number of aryl methyl sites for hydroxylation is 2. The molecule has 0 fully saturated rings. The van der Waals surface area contributed by atoms with Gasteiger partial charge in [0.2, 0.25) is 0 Å². The number of rotatable bonds is 2. The van der Waals surface area contributed by atoms with E-state index in [1.54, 1.807) is 26.0 Å². The largest absolute Gasteiger partial charge is 0.367 e. The second kappa shape index (κ2) is 5.20. The molecule has 2 aromatic heterocycles. The first-order valence-electron chi connectivity index (χ1n) is 7.36. The van der Waals surface area contributed by atoms with Crippen LogP contribution in [-0.2, 0) is 4.84 Å². The topological polar surface area (TPSA) is 107 Å². The molecule has 0 spiro atoms. The van der Waals surface area contributed by atoms with Crippen LogP contribution in [0.15, 0.2) is 30.6 Å². The predicted octanol–water partition coefficient (Wildman–Crippen LogP) is 1.11. The molecular formula is C16H11N5O4. The Morgan fingerprint density at radius 3 is 2.36 bits per heavy atom. The third-order valence-corrected chi connectivity index (χ3v) is 3.97. The van der Waals surface area contributed by atoms with Crippen molar-refractivity contribution in [3.63, 3.8) is 0 Å². The molecule has 0 radical (unpaired) electrons. The van der Waals surface area contributed by atoms with E-state index in [0.717, 1.165) is 0 Å². The number of fused-ring (bicyclic) bond motifs is 2. The Bertz CT molecular complexity index is 1040. The second-order valence-corrected chi connectivity index (χ2v) is 5.46. The Hall–Kier alpha value is -3.62. The maximum atomic E-state index is 12.6. The zero-order valence-corrected chi connectivity index (χ0v) is 13.3. The summed E-state index contributed by atoms with van der Waals surface area (Å²) in [5.41, 5.74) is 1.31. The van der Waals surface area contributed by atoms with Gasteiger partial charge in [0.25, 0.3) is 17.6 Å². The number of amides is 2. The lowest BCUT2D eigenvalue weighted by Crippen LogP contribution is -2.33. The molecule has 0 atom stereocenters. The van der Waals surface area contributed by atoms with E-state index in [2.05, 4.69) is 15.1 Å². The molecule has 0 saturated carbocycles. The van der Waals surface area contributed by atoms with Gasteiger partial charge in [-0.15, -0.1) is 0 Å². The Kier molecular flexibility index (Phi) is 3.11. The van der Waals surface area contributed by atoms with Crippen molar-refractivity contribution in [2.75, 3.05) is 0 Å². The lowest BCUT2D eigenvalue weighted by molar-refractivity contribution is -0.0586. The van der Waals surface area contributed by atoms with Gasteiger partial charge in [-0.25, -0.2) is 14.3 Å². The molecule has 3 heterocycles. The standard InChI is InChI=1S/C16H11N5O4/c1-8-12(9(2)20-16(19-8)17-7-18-20)15(24)25-21-13(22)10-5-3-4-6-11(10)14(21)23/h3-7H,1-2H3. The highest BCUT2D eigenvalue weighted by molar-refractivity contribution is 6.21. The summed E-state index contributed by atoms with van der Waals surface area (Å²) in [5, 5.41) is 4.45. The smallest absolute Gasteiger partial charge is 0.324 e. The molecule has 1 aromatic carbocycles. The van der Waals surface area contributed by atoms with Crippen LogP contribution < -0.4 is 0 Å². The van der Waals surface area contributed by atoms with E-state index in [0.29, 0.717) is 22.2 Å². The number of carbonyl (C=O) groups excluding carboxylic acids is 3. The lowest BCUT2D eigenvalue weighted by Gasteiger charge is -2.14. The Morgan fingerprint density at radius 1 is 1.08 bits per heavy atom. The van der Waals surface area contributed by atoms with Crippen molar-refractivity contribution in [2.24, 2.45) is 0 Å². The fraction of sp³-hybridized carbons (Fsp3) is 0.125. The number of imide groups is 1. The minimum absolute atomic E-state index is 0.120. The van der Waals surface area contributed by atoms with Gasteiger partial charge in [-0.05, 0) is 26.0 Å². The molecule has 1 aliphatic heterocycles. The quantitative estimate of drug-likeness (QED) is 0.645. The lowest BCUT2D eigenvalue weighted by atomic mass is 10.1. The van der Waals surface area contributed by atoms with Crippen LogP contribution in [-0.4, -0.2) is 42.4 Å². The van der Waals surface area contributed by atoms with Gasteiger partial charge >= 0.3 is 5.97 Å². The molecule has 3 aromatic rings. The van der Waals surface area contributed by atoms with E-state index in [1.165, 1.54) is 23.0 Å². The molecule has 2 amide bonds. The number of hydrogen-bond acceptors (Lipinski definition) is 7. The van der Waals surface area contributed by atoms with E-state index < -0.39 is 17.8 Å². The fourth-order valence-electron chi connectivity index (χ4n) is 2.80. The Labute approximate surface area is 140 Å². The van der Waals surface area contributed by atoms with Crippen molar-refractivity contribution in [2.45, 2.75) is 13.8 Å². The minimum Gasteiger partial charge on any atom is -0.324 e. The van der Waals surface area contributed by atoms with Gasteiger partial charge in [0.15, 0.2) is 0 Å². The summed E-state index contributed by atoms with van der Waals surface area (Å²) >= 11 is 0. The molecule has 0 N–H and O–H groups in total. The summed E-state index contributed by atoms with van der Waals surface area (Å²) in [6, 6.07) is 6.27. The number of hydroxylamine groups is 2. The molecule has 0 bridgehead atoms. The predicted molar refractivity (Wildman–Crippen MR) is 82.6 cm³/mol. The first-order valence-corrected chi connectivity index (χ1v) is 7.36. The molecule has 0 aliphatic carbocycles. The summed E-state index contributed by atoms with van der Waals surface area (Å²) in [6.45, 7) is 3.26. The summed E-state index contributed by atoms with van der Waals surface area (Å²) in [5.74, 6) is -1.89. The van der Waals surface area contributed by atoms with Crippen LogP contribution >= 0.6 is 0 Å². The monoisotopic (exact) mass is 337 g/mol. The van der Waals surface area contributed by atoms with Gasteiger partial charge in [0.05, 0.1) is 22.5 Å². The summed E-state index contributed by atoms with van der Waals surface area (Å²) in [6.07, 6.45) is 1.31. The first-order chi connectivity index (χ1) is 12.0. The zero-order chi connectivity index (χ0) is 17.7. The van der Waals surface area contributed by atoms with E-state index in [1.807, 2.05) is 0 Å². The van der Waals surface area contributed by atoms with Crippen molar-refractivity contribution in [1.29, 1.82) is 0 Å². The van der Waals surface area contributed by atoms with Gasteiger partial charge in [-0.3, -0.25) is 9.59 Å². The van der Waals surface area contributed by atoms with Gasteiger partial charge in [0.1, 0.15) is 11.9 Å². The van der Waals surface area contributed by atoms with E-state index >= 15 is 0 Å². The molecule has 9 heteroatoms. The molecule has 0 saturated heterocycles. The third-order valence-electron chi connectivity index (χ3n) is 3.97. The van der Waals surface area contributed by atoms with Crippen molar-refractivity contribution in [1.82, 2.24) is 24.6 Å². The Morgan fingerprint density at radius 2 is 1.72 bits per heavy atom.